The van der Waals surface area contributed by atoms with Gasteiger partial charge in [-0.1, -0.05) is 39.0 Å². The molecule has 0 radical (unpaired) electrons. The van der Waals surface area contributed by atoms with Gasteiger partial charge < -0.3 is 23.7 Å². The van der Waals surface area contributed by atoms with Crippen LogP contribution in [0.15, 0.2) is 48.5 Å². The summed E-state index contributed by atoms with van der Waals surface area (Å²) in [6.07, 6.45) is -0.724. The van der Waals surface area contributed by atoms with E-state index in [1.807, 2.05) is 45.0 Å². The zero-order valence-electron chi connectivity index (χ0n) is 24.2. The second kappa shape index (κ2) is 16.5. The summed E-state index contributed by atoms with van der Waals surface area (Å²) in [7, 11) is 0. The fourth-order valence-electron chi connectivity index (χ4n) is 4.40. The third-order valence-corrected chi connectivity index (χ3v) is 6.26. The molecule has 0 N–H and O–H groups in total. The summed E-state index contributed by atoms with van der Waals surface area (Å²) in [6, 6.07) is 13.6. The monoisotopic (exact) mass is 560 g/mol. The molecule has 220 valence electrons. The molecule has 0 amide bonds. The molecule has 4 atom stereocenters. The van der Waals surface area contributed by atoms with Crippen molar-refractivity contribution < 1.29 is 42.5 Å². The van der Waals surface area contributed by atoms with E-state index in [9.17, 15) is 18.8 Å². The van der Waals surface area contributed by atoms with Crippen LogP contribution < -0.4 is 9.47 Å². The quantitative estimate of drug-likeness (QED) is 0.147. The predicted molar refractivity (Wildman–Crippen MR) is 147 cm³/mol. The fraction of sp³-hybridized carbons (Fsp3) is 0.516. The summed E-state index contributed by atoms with van der Waals surface area (Å²) in [5, 5.41) is 0. The highest BCUT2D eigenvalue weighted by Gasteiger charge is 2.41. The number of carbonyl (C=O) groups is 3. The van der Waals surface area contributed by atoms with Crippen LogP contribution in [0.3, 0.4) is 0 Å². The van der Waals surface area contributed by atoms with Gasteiger partial charge in [0, 0.05) is 27.2 Å². The van der Waals surface area contributed by atoms with E-state index < -0.39 is 36.2 Å². The molecule has 2 aromatic rings. The molecule has 8 nitrogen and oxygen atoms in total. The highest BCUT2D eigenvalue weighted by Crippen LogP contribution is 2.27. The van der Waals surface area contributed by atoms with Gasteiger partial charge in [0.15, 0.2) is 6.10 Å². The number of carbonyl (C=O) groups excluding carboxylic acids is 3. The number of para-hydroxylation sites is 1. The Morgan fingerprint density at radius 1 is 0.725 bits per heavy atom. The van der Waals surface area contributed by atoms with Crippen molar-refractivity contribution in [2.24, 2.45) is 11.8 Å². The lowest BCUT2D eigenvalue weighted by Gasteiger charge is -2.36. The summed E-state index contributed by atoms with van der Waals surface area (Å²) < 4.78 is 41.6. The second-order valence-electron chi connectivity index (χ2n) is 10.1. The highest BCUT2D eigenvalue weighted by molar-refractivity contribution is 5.68. The van der Waals surface area contributed by atoms with E-state index in [1.54, 1.807) is 12.1 Å². The summed E-state index contributed by atoms with van der Waals surface area (Å²) in [6.45, 7) is 10.2. The SMILES string of the molecule is CC(=O)OC(C(C)C)C(OC(C)=O)C(OC(C)=O)C(C)CCCOc1ccccc1CCOc1ccc(F)cc1. The minimum absolute atomic E-state index is 0.189. The topological polar surface area (TPSA) is 97.4 Å². The Kier molecular flexibility index (Phi) is 13.4. The Hall–Kier alpha value is -3.62. The van der Waals surface area contributed by atoms with E-state index >= 15 is 0 Å². The normalized spacial score (nSPS) is 14.0. The van der Waals surface area contributed by atoms with Crippen molar-refractivity contribution in [1.82, 2.24) is 0 Å². The van der Waals surface area contributed by atoms with Crippen molar-refractivity contribution in [3.63, 3.8) is 0 Å². The fourth-order valence-corrected chi connectivity index (χ4v) is 4.40. The van der Waals surface area contributed by atoms with Crippen LogP contribution >= 0.6 is 0 Å². The smallest absolute Gasteiger partial charge is 0.303 e. The molecule has 0 saturated heterocycles. The van der Waals surface area contributed by atoms with Crippen LogP contribution in [-0.4, -0.2) is 49.4 Å². The average Bonchev–Trinajstić information content (AvgIpc) is 2.88. The van der Waals surface area contributed by atoms with Crippen LogP contribution in [0, 0.1) is 17.7 Å². The van der Waals surface area contributed by atoms with Gasteiger partial charge in [-0.25, -0.2) is 4.39 Å². The van der Waals surface area contributed by atoms with Gasteiger partial charge in [-0.05, 0) is 60.6 Å². The Morgan fingerprint density at radius 2 is 1.30 bits per heavy atom. The molecule has 0 aliphatic heterocycles. The third kappa shape index (κ3) is 11.2. The van der Waals surface area contributed by atoms with Gasteiger partial charge in [0.05, 0.1) is 13.2 Å². The Bertz CT molecular complexity index is 1080. The molecule has 4 unspecified atom stereocenters. The molecule has 0 aliphatic rings. The number of esters is 3. The predicted octanol–water partition coefficient (Wildman–Crippen LogP) is 5.69. The molecule has 0 fully saturated rings. The van der Waals surface area contributed by atoms with Crippen molar-refractivity contribution in [2.75, 3.05) is 13.2 Å². The lowest BCUT2D eigenvalue weighted by molar-refractivity contribution is -0.191. The summed E-state index contributed by atoms with van der Waals surface area (Å²) in [5.41, 5.74) is 0.978. The van der Waals surface area contributed by atoms with Crippen LogP contribution in [0.25, 0.3) is 0 Å². The minimum Gasteiger partial charge on any atom is -0.493 e. The maximum absolute atomic E-state index is 13.1. The largest absolute Gasteiger partial charge is 0.493 e. The van der Waals surface area contributed by atoms with Crippen LogP contribution in [0.4, 0.5) is 4.39 Å². The molecule has 2 rings (SSSR count). The number of benzene rings is 2. The van der Waals surface area contributed by atoms with Crippen LogP contribution in [-0.2, 0) is 35.0 Å². The molecular weight excluding hydrogens is 519 g/mol. The second-order valence-corrected chi connectivity index (χ2v) is 10.1. The van der Waals surface area contributed by atoms with Crippen molar-refractivity contribution in [3.05, 3.63) is 59.9 Å². The zero-order valence-corrected chi connectivity index (χ0v) is 24.2. The van der Waals surface area contributed by atoms with Gasteiger partial charge in [0.1, 0.15) is 29.5 Å². The number of ether oxygens (including phenoxy) is 5. The van der Waals surface area contributed by atoms with Gasteiger partial charge in [0.2, 0.25) is 0 Å². The van der Waals surface area contributed by atoms with Crippen molar-refractivity contribution in [2.45, 2.75) is 79.1 Å². The first kappa shape index (κ1) is 32.6. The van der Waals surface area contributed by atoms with Crippen LogP contribution in [0.1, 0.15) is 59.9 Å². The highest BCUT2D eigenvalue weighted by atomic mass is 19.1. The molecule has 0 aromatic heterocycles. The zero-order chi connectivity index (χ0) is 29.7. The van der Waals surface area contributed by atoms with Gasteiger partial charge >= 0.3 is 17.9 Å². The summed E-state index contributed by atoms with van der Waals surface area (Å²) >= 11 is 0. The molecule has 0 heterocycles. The number of hydrogen-bond acceptors (Lipinski definition) is 8. The van der Waals surface area contributed by atoms with Crippen molar-refractivity contribution >= 4 is 17.9 Å². The first-order valence-electron chi connectivity index (χ1n) is 13.6. The molecule has 0 bridgehead atoms. The number of hydrogen-bond donors (Lipinski definition) is 0. The molecule has 0 spiro atoms. The van der Waals surface area contributed by atoms with Crippen LogP contribution in [0.5, 0.6) is 11.5 Å². The standard InChI is InChI=1S/C31H41FO8/c1-20(2)29(38-22(4)33)31(40-24(6)35)30(39-23(5)34)21(3)10-9-18-37-28-12-8-7-11-25(28)17-19-36-27-15-13-26(32)14-16-27/h7-8,11-16,20-21,29-31H,9-10,17-19H2,1-6H3. The number of rotatable bonds is 16. The first-order chi connectivity index (χ1) is 19.0. The summed E-state index contributed by atoms with van der Waals surface area (Å²) in [5.74, 6) is -0.995. The van der Waals surface area contributed by atoms with E-state index in [0.717, 1.165) is 11.3 Å². The number of halogens is 1. The van der Waals surface area contributed by atoms with E-state index in [-0.39, 0.29) is 17.7 Å². The molecule has 9 heteroatoms. The Balaban J connectivity index is 2.01. The van der Waals surface area contributed by atoms with Crippen molar-refractivity contribution in [1.29, 1.82) is 0 Å². The lowest BCUT2D eigenvalue weighted by Crippen LogP contribution is -2.50. The third-order valence-electron chi connectivity index (χ3n) is 6.26. The van der Waals surface area contributed by atoms with Crippen molar-refractivity contribution in [3.8, 4) is 11.5 Å². The Labute approximate surface area is 236 Å². The van der Waals surface area contributed by atoms with E-state index in [2.05, 4.69) is 0 Å². The molecule has 0 aliphatic carbocycles. The van der Waals surface area contributed by atoms with E-state index in [1.165, 1.54) is 32.9 Å². The molecule has 2 aromatic carbocycles. The van der Waals surface area contributed by atoms with Gasteiger partial charge in [-0.2, -0.15) is 0 Å². The first-order valence-corrected chi connectivity index (χ1v) is 13.6. The Morgan fingerprint density at radius 3 is 1.90 bits per heavy atom. The average molecular weight is 561 g/mol. The van der Waals surface area contributed by atoms with Gasteiger partial charge in [0.25, 0.3) is 0 Å². The molecule has 0 saturated carbocycles. The molecule has 40 heavy (non-hydrogen) atoms. The molecular formula is C31H41FO8. The summed E-state index contributed by atoms with van der Waals surface area (Å²) in [4.78, 5) is 35.7. The van der Waals surface area contributed by atoms with Gasteiger partial charge in [-0.15, -0.1) is 0 Å². The maximum Gasteiger partial charge on any atom is 0.303 e. The van der Waals surface area contributed by atoms with E-state index in [0.29, 0.717) is 38.2 Å². The van der Waals surface area contributed by atoms with E-state index in [4.69, 9.17) is 23.7 Å². The maximum atomic E-state index is 13.1. The minimum atomic E-state index is -0.956. The van der Waals surface area contributed by atoms with Crippen LogP contribution in [0.2, 0.25) is 0 Å². The van der Waals surface area contributed by atoms with Gasteiger partial charge in [-0.3, -0.25) is 14.4 Å². The lowest BCUT2D eigenvalue weighted by atomic mass is 9.88.